The number of nitrogens with one attached hydrogen (secondary N) is 2. The molecule has 0 fully saturated rings. The van der Waals surface area contributed by atoms with Crippen LogP contribution in [-0.2, 0) is 16.6 Å². The van der Waals surface area contributed by atoms with Crippen LogP contribution < -0.4 is 10.0 Å². The number of para-hydroxylation sites is 1. The number of rotatable bonds is 6. The van der Waals surface area contributed by atoms with Gasteiger partial charge in [-0.1, -0.05) is 24.3 Å². The van der Waals surface area contributed by atoms with Crippen LogP contribution in [0, 0.1) is 13.8 Å². The molecule has 144 valence electrons. The molecule has 0 aliphatic carbocycles. The first-order valence-electron chi connectivity index (χ1n) is 8.74. The number of aromatic nitrogens is 1. The van der Waals surface area contributed by atoms with Crippen molar-refractivity contribution < 1.29 is 13.2 Å². The number of sulfonamides is 1. The summed E-state index contributed by atoms with van der Waals surface area (Å²) in [6.45, 7) is 4.01. The van der Waals surface area contributed by atoms with E-state index in [0.717, 1.165) is 17.0 Å². The van der Waals surface area contributed by atoms with E-state index in [-0.39, 0.29) is 10.8 Å². The zero-order valence-corrected chi connectivity index (χ0v) is 16.5. The molecule has 0 atom stereocenters. The molecular weight excluding hydrogens is 374 g/mol. The normalized spacial score (nSPS) is 11.1. The summed E-state index contributed by atoms with van der Waals surface area (Å²) >= 11 is 0. The van der Waals surface area contributed by atoms with Crippen LogP contribution in [0.1, 0.15) is 27.3 Å². The maximum absolute atomic E-state index is 12.6. The Hall–Kier alpha value is -3.19. The van der Waals surface area contributed by atoms with E-state index in [1.807, 2.05) is 44.2 Å². The average Bonchev–Trinajstić information content (AvgIpc) is 2.68. The Balaban J connectivity index is 1.68. The van der Waals surface area contributed by atoms with Gasteiger partial charge in [0, 0.05) is 11.3 Å². The van der Waals surface area contributed by atoms with Crippen LogP contribution >= 0.6 is 0 Å². The summed E-state index contributed by atoms with van der Waals surface area (Å²) in [6, 6.07) is 18.6. The molecule has 0 saturated heterocycles. The number of benzene rings is 2. The van der Waals surface area contributed by atoms with Crippen LogP contribution in [0.25, 0.3) is 0 Å². The number of nitrogens with zero attached hydrogens (tertiary/aromatic N) is 1. The number of anilines is 1. The molecular formula is C21H21N3O3S. The Labute approximate surface area is 164 Å². The predicted molar refractivity (Wildman–Crippen MR) is 109 cm³/mol. The zero-order chi connectivity index (χ0) is 20.1. The summed E-state index contributed by atoms with van der Waals surface area (Å²) in [5, 5.41) is 2.78. The van der Waals surface area contributed by atoms with Gasteiger partial charge >= 0.3 is 0 Å². The molecule has 0 aliphatic heterocycles. The van der Waals surface area contributed by atoms with Gasteiger partial charge in [0.1, 0.15) is 0 Å². The van der Waals surface area contributed by atoms with E-state index in [1.54, 1.807) is 12.1 Å². The van der Waals surface area contributed by atoms with Gasteiger partial charge in [-0.3, -0.25) is 14.5 Å². The first-order chi connectivity index (χ1) is 13.3. The lowest BCUT2D eigenvalue weighted by molar-refractivity contribution is 0.0950. The first kappa shape index (κ1) is 19.6. The van der Waals surface area contributed by atoms with Gasteiger partial charge in [0.25, 0.3) is 15.9 Å². The second kappa shape index (κ2) is 8.22. The van der Waals surface area contributed by atoms with Gasteiger partial charge in [-0.2, -0.15) is 0 Å². The molecule has 0 aliphatic rings. The maximum Gasteiger partial charge on any atom is 0.261 e. The molecule has 0 saturated carbocycles. The van der Waals surface area contributed by atoms with Crippen LogP contribution in [0.15, 0.2) is 71.6 Å². The molecule has 0 unspecified atom stereocenters. The monoisotopic (exact) mass is 395 g/mol. The Kier molecular flexibility index (Phi) is 5.75. The minimum absolute atomic E-state index is 0.0904. The highest BCUT2D eigenvalue weighted by Crippen LogP contribution is 2.19. The van der Waals surface area contributed by atoms with Gasteiger partial charge in [0.05, 0.1) is 22.8 Å². The summed E-state index contributed by atoms with van der Waals surface area (Å²) in [4.78, 5) is 16.7. The number of hydrogen-bond acceptors (Lipinski definition) is 4. The van der Waals surface area contributed by atoms with Crippen LogP contribution in [0.2, 0.25) is 0 Å². The lowest BCUT2D eigenvalue weighted by atomic mass is 10.2. The molecule has 3 aromatic rings. The van der Waals surface area contributed by atoms with Gasteiger partial charge < -0.3 is 5.32 Å². The summed E-state index contributed by atoms with van der Waals surface area (Å²) in [5.74, 6) is -0.292. The van der Waals surface area contributed by atoms with E-state index in [0.29, 0.717) is 17.8 Å². The third-order valence-electron chi connectivity index (χ3n) is 4.19. The summed E-state index contributed by atoms with van der Waals surface area (Å²) < 4.78 is 27.7. The van der Waals surface area contributed by atoms with E-state index in [4.69, 9.17) is 0 Å². The number of amides is 1. The standard InChI is InChI=1S/C21H21N3O3S/c1-15-6-3-4-9-20(15)24-28(26,27)19-12-10-17(11-13-19)21(25)22-14-18-8-5-7-16(2)23-18/h3-13,24H,14H2,1-2H3,(H,22,25). The lowest BCUT2D eigenvalue weighted by Crippen LogP contribution is -2.23. The van der Waals surface area contributed by atoms with E-state index in [1.165, 1.54) is 24.3 Å². The second-order valence-electron chi connectivity index (χ2n) is 6.40. The smallest absolute Gasteiger partial charge is 0.261 e. The van der Waals surface area contributed by atoms with E-state index in [9.17, 15) is 13.2 Å². The van der Waals surface area contributed by atoms with Crippen LogP contribution in [0.3, 0.4) is 0 Å². The summed E-state index contributed by atoms with van der Waals surface area (Å²) in [6.07, 6.45) is 0. The molecule has 2 N–H and O–H groups in total. The van der Waals surface area contributed by atoms with E-state index >= 15 is 0 Å². The van der Waals surface area contributed by atoms with Crippen molar-refractivity contribution in [2.45, 2.75) is 25.3 Å². The minimum atomic E-state index is -3.73. The van der Waals surface area contributed by atoms with Gasteiger partial charge in [-0.05, 0) is 61.9 Å². The molecule has 28 heavy (non-hydrogen) atoms. The fraction of sp³-hybridized carbons (Fsp3) is 0.143. The van der Waals surface area contributed by atoms with Crippen molar-refractivity contribution >= 4 is 21.6 Å². The first-order valence-corrected chi connectivity index (χ1v) is 10.2. The van der Waals surface area contributed by atoms with E-state index in [2.05, 4.69) is 15.0 Å². The van der Waals surface area contributed by atoms with Gasteiger partial charge in [0.15, 0.2) is 0 Å². The van der Waals surface area contributed by atoms with Crippen LogP contribution in [0.4, 0.5) is 5.69 Å². The molecule has 0 bridgehead atoms. The molecule has 6 nitrogen and oxygen atoms in total. The molecule has 1 heterocycles. The third kappa shape index (κ3) is 4.75. The van der Waals surface area contributed by atoms with E-state index < -0.39 is 10.0 Å². The number of carbonyl (C=O) groups excluding carboxylic acids is 1. The SMILES string of the molecule is Cc1cccc(CNC(=O)c2ccc(S(=O)(=O)Nc3ccccc3C)cc2)n1. The maximum atomic E-state index is 12.6. The van der Waals surface area contributed by atoms with Crippen molar-refractivity contribution in [3.63, 3.8) is 0 Å². The molecule has 1 aromatic heterocycles. The summed E-state index contributed by atoms with van der Waals surface area (Å²) in [5.41, 5.74) is 3.36. The zero-order valence-electron chi connectivity index (χ0n) is 15.6. The van der Waals surface area contributed by atoms with Crippen molar-refractivity contribution in [3.05, 3.63) is 89.2 Å². The summed E-state index contributed by atoms with van der Waals surface area (Å²) in [7, 11) is -3.73. The van der Waals surface area contributed by atoms with Crippen molar-refractivity contribution in [2.75, 3.05) is 4.72 Å². The lowest BCUT2D eigenvalue weighted by Gasteiger charge is -2.11. The number of pyridine rings is 1. The second-order valence-corrected chi connectivity index (χ2v) is 8.08. The highest BCUT2D eigenvalue weighted by molar-refractivity contribution is 7.92. The van der Waals surface area contributed by atoms with Crippen molar-refractivity contribution in [2.24, 2.45) is 0 Å². The fourth-order valence-corrected chi connectivity index (χ4v) is 3.78. The third-order valence-corrected chi connectivity index (χ3v) is 5.57. The highest BCUT2D eigenvalue weighted by Gasteiger charge is 2.16. The number of hydrogen-bond donors (Lipinski definition) is 2. The van der Waals surface area contributed by atoms with Crippen LogP contribution in [0.5, 0.6) is 0 Å². The Morgan fingerprint density at radius 3 is 2.32 bits per heavy atom. The molecule has 3 rings (SSSR count). The molecule has 1 amide bonds. The van der Waals surface area contributed by atoms with Gasteiger partial charge in [0.2, 0.25) is 0 Å². The molecule has 2 aromatic carbocycles. The minimum Gasteiger partial charge on any atom is -0.346 e. The topological polar surface area (TPSA) is 88.2 Å². The fourth-order valence-electron chi connectivity index (χ4n) is 2.65. The van der Waals surface area contributed by atoms with Gasteiger partial charge in [-0.15, -0.1) is 0 Å². The molecule has 0 spiro atoms. The molecule has 7 heteroatoms. The quantitative estimate of drug-likeness (QED) is 0.669. The number of carbonyl (C=O) groups is 1. The Morgan fingerprint density at radius 1 is 0.929 bits per heavy atom. The highest BCUT2D eigenvalue weighted by atomic mass is 32.2. The Bertz CT molecular complexity index is 1090. The average molecular weight is 395 g/mol. The van der Waals surface area contributed by atoms with Crippen molar-refractivity contribution in [1.29, 1.82) is 0 Å². The van der Waals surface area contributed by atoms with Crippen molar-refractivity contribution in [1.82, 2.24) is 10.3 Å². The largest absolute Gasteiger partial charge is 0.346 e. The molecule has 0 radical (unpaired) electrons. The predicted octanol–water partition coefficient (Wildman–Crippen LogP) is 3.43. The van der Waals surface area contributed by atoms with Gasteiger partial charge in [-0.25, -0.2) is 8.42 Å². The number of aryl methyl sites for hydroxylation is 2. The van der Waals surface area contributed by atoms with Crippen LogP contribution in [-0.4, -0.2) is 19.3 Å². The van der Waals surface area contributed by atoms with Crippen molar-refractivity contribution in [3.8, 4) is 0 Å². The Morgan fingerprint density at radius 2 is 1.64 bits per heavy atom.